The third-order valence-corrected chi connectivity index (χ3v) is 4.72. The van der Waals surface area contributed by atoms with Gasteiger partial charge in [0.15, 0.2) is 0 Å². The second kappa shape index (κ2) is 6.30. The summed E-state index contributed by atoms with van der Waals surface area (Å²) in [5.74, 6) is -0.990. The Labute approximate surface area is 121 Å². The van der Waals surface area contributed by atoms with E-state index in [9.17, 15) is 9.59 Å². The number of carboxylic acids is 1. The fourth-order valence-electron chi connectivity index (χ4n) is 2.81. The van der Waals surface area contributed by atoms with E-state index in [2.05, 4.69) is 15.5 Å². The molecule has 1 aliphatic carbocycles. The Balaban J connectivity index is 1.96. The SMILES string of the molecule is CCc1nnc(NC(=O)CC2(CC(=O)O)CCCC2)s1. The van der Waals surface area contributed by atoms with Gasteiger partial charge in [-0.1, -0.05) is 31.1 Å². The van der Waals surface area contributed by atoms with Crippen molar-refractivity contribution in [3.63, 3.8) is 0 Å². The van der Waals surface area contributed by atoms with Gasteiger partial charge in [0.05, 0.1) is 6.42 Å². The van der Waals surface area contributed by atoms with Crippen molar-refractivity contribution in [1.29, 1.82) is 0 Å². The molecule has 2 N–H and O–H groups in total. The van der Waals surface area contributed by atoms with Crippen molar-refractivity contribution >= 4 is 28.3 Å². The molecular formula is C13H19N3O3S. The summed E-state index contributed by atoms with van der Waals surface area (Å²) in [4.78, 5) is 23.1. The Hall–Kier alpha value is -1.50. The third kappa shape index (κ3) is 3.75. The minimum atomic E-state index is -0.830. The summed E-state index contributed by atoms with van der Waals surface area (Å²) >= 11 is 1.36. The number of carboxylic acid groups (broad SMARTS) is 1. The maximum atomic E-state index is 12.1. The van der Waals surface area contributed by atoms with E-state index in [1.165, 1.54) is 11.3 Å². The van der Waals surface area contributed by atoms with Gasteiger partial charge in [0.25, 0.3) is 0 Å². The van der Waals surface area contributed by atoms with Crippen LogP contribution in [0.1, 0.15) is 50.5 Å². The van der Waals surface area contributed by atoms with Crippen molar-refractivity contribution in [3.05, 3.63) is 5.01 Å². The van der Waals surface area contributed by atoms with Gasteiger partial charge in [-0.2, -0.15) is 0 Å². The third-order valence-electron chi connectivity index (χ3n) is 3.74. The number of anilines is 1. The van der Waals surface area contributed by atoms with Gasteiger partial charge in [-0.25, -0.2) is 0 Å². The molecular weight excluding hydrogens is 278 g/mol. The molecule has 0 aliphatic heterocycles. The van der Waals surface area contributed by atoms with Crippen molar-refractivity contribution in [3.8, 4) is 0 Å². The predicted octanol–water partition coefficient (Wildman–Crippen LogP) is 2.46. The van der Waals surface area contributed by atoms with Crippen LogP contribution in [0, 0.1) is 5.41 Å². The number of hydrogen-bond donors (Lipinski definition) is 2. The zero-order valence-electron chi connectivity index (χ0n) is 11.5. The van der Waals surface area contributed by atoms with Crippen LogP contribution in [-0.2, 0) is 16.0 Å². The second-order valence-corrected chi connectivity index (χ2v) is 6.42. The molecule has 20 heavy (non-hydrogen) atoms. The molecule has 0 atom stereocenters. The summed E-state index contributed by atoms with van der Waals surface area (Å²) in [6.45, 7) is 1.98. The summed E-state index contributed by atoms with van der Waals surface area (Å²) in [6, 6.07) is 0. The fraction of sp³-hybridized carbons (Fsp3) is 0.692. The van der Waals surface area contributed by atoms with Gasteiger partial charge in [0.1, 0.15) is 5.01 Å². The van der Waals surface area contributed by atoms with Gasteiger partial charge in [-0.15, -0.1) is 10.2 Å². The summed E-state index contributed by atoms with van der Waals surface area (Å²) < 4.78 is 0. The molecule has 110 valence electrons. The normalized spacial score (nSPS) is 17.1. The number of rotatable bonds is 6. The van der Waals surface area contributed by atoms with E-state index < -0.39 is 5.97 Å². The quantitative estimate of drug-likeness (QED) is 0.841. The van der Waals surface area contributed by atoms with Gasteiger partial charge in [-0.05, 0) is 24.7 Å². The number of carbonyl (C=O) groups is 2. The molecule has 1 aromatic heterocycles. The summed E-state index contributed by atoms with van der Waals surface area (Å²) in [6.07, 6.45) is 4.72. The molecule has 1 aromatic rings. The van der Waals surface area contributed by atoms with E-state index in [0.717, 1.165) is 37.1 Å². The zero-order chi connectivity index (χ0) is 14.6. The molecule has 1 fully saturated rings. The van der Waals surface area contributed by atoms with Gasteiger partial charge in [0, 0.05) is 6.42 Å². The zero-order valence-corrected chi connectivity index (χ0v) is 12.3. The van der Waals surface area contributed by atoms with Crippen molar-refractivity contribution in [2.75, 3.05) is 5.32 Å². The molecule has 0 unspecified atom stereocenters. The molecule has 7 heteroatoms. The second-order valence-electron chi connectivity index (χ2n) is 5.36. The first-order valence-corrected chi connectivity index (χ1v) is 7.69. The van der Waals surface area contributed by atoms with Crippen LogP contribution in [0.4, 0.5) is 5.13 Å². The van der Waals surface area contributed by atoms with E-state index in [1.807, 2.05) is 6.92 Å². The van der Waals surface area contributed by atoms with Crippen LogP contribution in [0.25, 0.3) is 0 Å². The number of amides is 1. The number of aliphatic carboxylic acids is 1. The summed E-state index contributed by atoms with van der Waals surface area (Å²) in [7, 11) is 0. The summed E-state index contributed by atoms with van der Waals surface area (Å²) in [5, 5.41) is 21.0. The van der Waals surface area contributed by atoms with Crippen LogP contribution in [-0.4, -0.2) is 27.2 Å². The maximum absolute atomic E-state index is 12.1. The van der Waals surface area contributed by atoms with E-state index in [1.54, 1.807) is 0 Å². The van der Waals surface area contributed by atoms with Crippen LogP contribution in [0.5, 0.6) is 0 Å². The molecule has 1 aliphatic rings. The Morgan fingerprint density at radius 2 is 2.00 bits per heavy atom. The Morgan fingerprint density at radius 1 is 1.30 bits per heavy atom. The topological polar surface area (TPSA) is 92.2 Å². The number of aryl methyl sites for hydroxylation is 1. The number of aromatic nitrogens is 2. The van der Waals surface area contributed by atoms with Crippen molar-refractivity contribution in [2.24, 2.45) is 5.41 Å². The monoisotopic (exact) mass is 297 g/mol. The fourth-order valence-corrected chi connectivity index (χ4v) is 3.51. The lowest BCUT2D eigenvalue weighted by Gasteiger charge is -2.25. The van der Waals surface area contributed by atoms with E-state index in [0.29, 0.717) is 5.13 Å². The number of hydrogen-bond acceptors (Lipinski definition) is 5. The molecule has 1 amide bonds. The highest BCUT2D eigenvalue weighted by atomic mass is 32.1. The maximum Gasteiger partial charge on any atom is 0.303 e. The number of carbonyl (C=O) groups excluding carboxylic acids is 1. The lowest BCUT2D eigenvalue weighted by molar-refractivity contribution is -0.140. The smallest absolute Gasteiger partial charge is 0.303 e. The van der Waals surface area contributed by atoms with Crippen LogP contribution < -0.4 is 5.32 Å². The van der Waals surface area contributed by atoms with Gasteiger partial charge in [0.2, 0.25) is 11.0 Å². The van der Waals surface area contributed by atoms with Crippen molar-refractivity contribution < 1.29 is 14.7 Å². The van der Waals surface area contributed by atoms with Crippen LogP contribution in [0.15, 0.2) is 0 Å². The average molecular weight is 297 g/mol. The minimum Gasteiger partial charge on any atom is -0.481 e. The predicted molar refractivity (Wildman–Crippen MR) is 75.7 cm³/mol. The first-order valence-electron chi connectivity index (χ1n) is 6.87. The van der Waals surface area contributed by atoms with Gasteiger partial charge < -0.3 is 10.4 Å². The molecule has 0 bridgehead atoms. The largest absolute Gasteiger partial charge is 0.481 e. The Bertz CT molecular complexity index is 495. The molecule has 0 saturated heterocycles. The molecule has 1 heterocycles. The van der Waals surface area contributed by atoms with Crippen LogP contribution >= 0.6 is 11.3 Å². The number of nitrogens with one attached hydrogen (secondary N) is 1. The highest BCUT2D eigenvalue weighted by molar-refractivity contribution is 7.15. The molecule has 6 nitrogen and oxygen atoms in total. The Morgan fingerprint density at radius 3 is 2.55 bits per heavy atom. The lowest BCUT2D eigenvalue weighted by atomic mass is 9.79. The van der Waals surface area contributed by atoms with Crippen LogP contribution in [0.3, 0.4) is 0 Å². The summed E-state index contributed by atoms with van der Waals surface area (Å²) in [5.41, 5.74) is -0.381. The molecule has 0 spiro atoms. The highest BCUT2D eigenvalue weighted by Crippen LogP contribution is 2.44. The lowest BCUT2D eigenvalue weighted by Crippen LogP contribution is -2.27. The molecule has 2 rings (SSSR count). The number of nitrogens with zero attached hydrogens (tertiary/aromatic N) is 2. The highest BCUT2D eigenvalue weighted by Gasteiger charge is 2.38. The van der Waals surface area contributed by atoms with Crippen molar-refractivity contribution in [1.82, 2.24) is 10.2 Å². The van der Waals surface area contributed by atoms with Gasteiger partial charge in [-0.3, -0.25) is 9.59 Å². The van der Waals surface area contributed by atoms with Crippen molar-refractivity contribution in [2.45, 2.75) is 51.9 Å². The van der Waals surface area contributed by atoms with Gasteiger partial charge >= 0.3 is 5.97 Å². The van der Waals surface area contributed by atoms with E-state index in [-0.39, 0.29) is 24.2 Å². The molecule has 0 aromatic carbocycles. The molecule has 1 saturated carbocycles. The first kappa shape index (κ1) is 14.9. The van der Waals surface area contributed by atoms with E-state index in [4.69, 9.17) is 5.11 Å². The Kier molecular flexibility index (Phi) is 4.69. The minimum absolute atomic E-state index is 0.0662. The molecule has 0 radical (unpaired) electrons. The average Bonchev–Trinajstić information content (AvgIpc) is 2.98. The standard InChI is InChI=1S/C13H19N3O3S/c1-2-10-15-16-12(20-10)14-9(17)7-13(8-11(18)19)5-3-4-6-13/h2-8H2,1H3,(H,18,19)(H,14,16,17). The first-order chi connectivity index (χ1) is 9.53. The van der Waals surface area contributed by atoms with E-state index >= 15 is 0 Å². The van der Waals surface area contributed by atoms with Crippen LogP contribution in [0.2, 0.25) is 0 Å².